The van der Waals surface area contributed by atoms with Gasteiger partial charge in [-0.3, -0.25) is 0 Å². The molecule has 2 heterocycles. The monoisotopic (exact) mass is 198 g/mol. The third-order valence-electron chi connectivity index (χ3n) is 3.31. The maximum atomic E-state index is 5.96. The number of likely N-dealkylation sites (tertiary alicyclic amines) is 1. The topological polar surface area (TPSA) is 38.5 Å². The van der Waals surface area contributed by atoms with Crippen LogP contribution in [0.25, 0.3) is 0 Å². The van der Waals surface area contributed by atoms with Gasteiger partial charge in [-0.1, -0.05) is 0 Å². The molecule has 0 saturated carbocycles. The lowest BCUT2D eigenvalue weighted by molar-refractivity contribution is 0.0343. The molecule has 0 aromatic carbocycles. The van der Waals surface area contributed by atoms with Crippen LogP contribution in [0.15, 0.2) is 0 Å². The fourth-order valence-corrected chi connectivity index (χ4v) is 2.57. The van der Waals surface area contributed by atoms with Crippen LogP contribution in [0.4, 0.5) is 0 Å². The highest BCUT2D eigenvalue weighted by Crippen LogP contribution is 2.17. The first kappa shape index (κ1) is 10.4. The molecule has 2 aliphatic rings. The molecule has 2 rings (SSSR count). The first-order chi connectivity index (χ1) is 6.84. The molecule has 0 aliphatic carbocycles. The van der Waals surface area contributed by atoms with Crippen LogP contribution in [-0.4, -0.2) is 43.8 Å². The Morgan fingerprint density at radius 2 is 2.21 bits per heavy atom. The normalized spacial score (nSPS) is 35.8. The van der Waals surface area contributed by atoms with Gasteiger partial charge in [-0.05, 0) is 38.1 Å². The van der Waals surface area contributed by atoms with Gasteiger partial charge in [-0.2, -0.15) is 0 Å². The van der Waals surface area contributed by atoms with Crippen molar-refractivity contribution in [2.75, 3.05) is 32.8 Å². The Hall–Kier alpha value is -0.120. The van der Waals surface area contributed by atoms with E-state index in [0.29, 0.717) is 6.04 Å². The predicted octanol–water partition coefficient (Wildman–Crippen LogP) is 0.836. The Bertz CT molecular complexity index is 169. The summed E-state index contributed by atoms with van der Waals surface area (Å²) in [5.74, 6) is 0.758. The maximum Gasteiger partial charge on any atom is 0.0506 e. The van der Waals surface area contributed by atoms with Crippen molar-refractivity contribution in [1.29, 1.82) is 0 Å². The van der Waals surface area contributed by atoms with Gasteiger partial charge in [0.15, 0.2) is 0 Å². The van der Waals surface area contributed by atoms with Gasteiger partial charge in [0.2, 0.25) is 0 Å². The largest absolute Gasteiger partial charge is 0.381 e. The summed E-state index contributed by atoms with van der Waals surface area (Å²) in [5.41, 5.74) is 5.96. The molecule has 0 amide bonds. The van der Waals surface area contributed by atoms with E-state index in [-0.39, 0.29) is 0 Å². The summed E-state index contributed by atoms with van der Waals surface area (Å²) in [5, 5.41) is 0. The third-order valence-corrected chi connectivity index (χ3v) is 3.31. The molecule has 2 aliphatic heterocycles. The highest BCUT2D eigenvalue weighted by molar-refractivity contribution is 4.77. The first-order valence-corrected chi connectivity index (χ1v) is 5.90. The minimum Gasteiger partial charge on any atom is -0.381 e. The van der Waals surface area contributed by atoms with E-state index >= 15 is 0 Å². The van der Waals surface area contributed by atoms with Gasteiger partial charge >= 0.3 is 0 Å². The molecule has 0 spiro atoms. The van der Waals surface area contributed by atoms with Crippen molar-refractivity contribution < 1.29 is 4.74 Å². The molecule has 0 aromatic rings. The lowest BCUT2D eigenvalue weighted by Crippen LogP contribution is -2.45. The van der Waals surface area contributed by atoms with Crippen LogP contribution in [0, 0.1) is 5.92 Å². The molecule has 14 heavy (non-hydrogen) atoms. The lowest BCUT2D eigenvalue weighted by atomic mass is 9.99. The molecule has 2 atom stereocenters. The van der Waals surface area contributed by atoms with E-state index in [4.69, 9.17) is 10.5 Å². The van der Waals surface area contributed by atoms with Crippen molar-refractivity contribution in [3.63, 3.8) is 0 Å². The maximum absolute atomic E-state index is 5.96. The average molecular weight is 198 g/mol. The van der Waals surface area contributed by atoms with Gasteiger partial charge in [0.1, 0.15) is 0 Å². The van der Waals surface area contributed by atoms with E-state index < -0.39 is 0 Å². The van der Waals surface area contributed by atoms with Crippen molar-refractivity contribution in [1.82, 2.24) is 4.90 Å². The quantitative estimate of drug-likeness (QED) is 0.714. The van der Waals surface area contributed by atoms with Crippen molar-refractivity contribution >= 4 is 0 Å². The van der Waals surface area contributed by atoms with E-state index in [2.05, 4.69) is 4.90 Å². The van der Waals surface area contributed by atoms with Crippen LogP contribution >= 0.6 is 0 Å². The molecule has 3 nitrogen and oxygen atoms in total. The van der Waals surface area contributed by atoms with Crippen molar-refractivity contribution in [2.45, 2.75) is 31.7 Å². The zero-order valence-electron chi connectivity index (χ0n) is 8.95. The van der Waals surface area contributed by atoms with Crippen molar-refractivity contribution in [3.05, 3.63) is 0 Å². The molecule has 0 bridgehead atoms. The van der Waals surface area contributed by atoms with E-state index in [0.717, 1.165) is 25.7 Å². The zero-order valence-corrected chi connectivity index (χ0v) is 8.95. The van der Waals surface area contributed by atoms with Gasteiger partial charge in [0.05, 0.1) is 6.61 Å². The minimum atomic E-state index is 0.410. The van der Waals surface area contributed by atoms with Gasteiger partial charge < -0.3 is 15.4 Å². The summed E-state index contributed by atoms with van der Waals surface area (Å²) in [7, 11) is 0. The predicted molar refractivity (Wildman–Crippen MR) is 57.2 cm³/mol. The molecule has 2 fully saturated rings. The molecule has 2 saturated heterocycles. The second kappa shape index (κ2) is 5.10. The van der Waals surface area contributed by atoms with Crippen molar-refractivity contribution in [3.8, 4) is 0 Å². The summed E-state index contributed by atoms with van der Waals surface area (Å²) >= 11 is 0. The number of nitrogens with zero attached hydrogens (tertiary/aromatic N) is 1. The average Bonchev–Trinajstić information content (AvgIpc) is 2.19. The highest BCUT2D eigenvalue weighted by Gasteiger charge is 2.21. The van der Waals surface area contributed by atoms with Gasteiger partial charge in [0, 0.05) is 25.7 Å². The molecule has 0 radical (unpaired) electrons. The smallest absolute Gasteiger partial charge is 0.0506 e. The fraction of sp³-hybridized carbons (Fsp3) is 1.00. The summed E-state index contributed by atoms with van der Waals surface area (Å²) < 4.78 is 5.49. The number of nitrogens with two attached hydrogens (primary N) is 1. The Kier molecular flexibility index (Phi) is 3.79. The number of rotatable bonds is 2. The Balaban J connectivity index is 1.72. The van der Waals surface area contributed by atoms with Gasteiger partial charge in [-0.25, -0.2) is 0 Å². The standard InChI is InChI=1S/C11H22N2O/c12-11-4-1-5-13(8-11)7-10-3-2-6-14-9-10/h10-11H,1-9,12H2. The summed E-state index contributed by atoms with van der Waals surface area (Å²) in [6, 6.07) is 0.410. The molecule has 82 valence electrons. The molecule has 2 unspecified atom stereocenters. The van der Waals surface area contributed by atoms with E-state index in [1.54, 1.807) is 0 Å². The molecule has 3 heteroatoms. The van der Waals surface area contributed by atoms with Crippen molar-refractivity contribution in [2.24, 2.45) is 11.7 Å². The third kappa shape index (κ3) is 2.94. The number of hydrogen-bond acceptors (Lipinski definition) is 3. The summed E-state index contributed by atoms with van der Waals surface area (Å²) in [4.78, 5) is 2.52. The van der Waals surface area contributed by atoms with Crippen LogP contribution in [-0.2, 0) is 4.74 Å². The van der Waals surface area contributed by atoms with E-state index in [9.17, 15) is 0 Å². The second-order valence-electron chi connectivity index (χ2n) is 4.75. The Labute approximate surface area is 86.6 Å². The van der Waals surface area contributed by atoms with Crippen LogP contribution < -0.4 is 5.73 Å². The molecule has 2 N–H and O–H groups in total. The number of ether oxygens (including phenoxy) is 1. The lowest BCUT2D eigenvalue weighted by Gasteiger charge is -2.34. The molecular formula is C11H22N2O. The second-order valence-corrected chi connectivity index (χ2v) is 4.75. The highest BCUT2D eigenvalue weighted by atomic mass is 16.5. The molecular weight excluding hydrogens is 176 g/mol. The minimum absolute atomic E-state index is 0.410. The van der Waals surface area contributed by atoms with Crippen LogP contribution in [0.3, 0.4) is 0 Å². The van der Waals surface area contributed by atoms with Crippen LogP contribution in [0.5, 0.6) is 0 Å². The Morgan fingerprint density at radius 1 is 1.29 bits per heavy atom. The number of piperidine rings is 1. The van der Waals surface area contributed by atoms with Crippen LogP contribution in [0.2, 0.25) is 0 Å². The summed E-state index contributed by atoms with van der Waals surface area (Å²) in [6.45, 7) is 5.47. The summed E-state index contributed by atoms with van der Waals surface area (Å²) in [6.07, 6.45) is 5.06. The van der Waals surface area contributed by atoms with Crippen LogP contribution in [0.1, 0.15) is 25.7 Å². The van der Waals surface area contributed by atoms with Gasteiger partial charge in [-0.15, -0.1) is 0 Å². The van der Waals surface area contributed by atoms with E-state index in [1.807, 2.05) is 0 Å². The van der Waals surface area contributed by atoms with Gasteiger partial charge in [0.25, 0.3) is 0 Å². The van der Waals surface area contributed by atoms with E-state index in [1.165, 1.54) is 38.8 Å². The fourth-order valence-electron chi connectivity index (χ4n) is 2.57. The SMILES string of the molecule is NC1CCCN(CC2CCCOC2)C1. The zero-order chi connectivity index (χ0) is 9.80. The Morgan fingerprint density at radius 3 is 2.93 bits per heavy atom. The number of hydrogen-bond donors (Lipinski definition) is 1. The first-order valence-electron chi connectivity index (χ1n) is 5.90. The molecule has 0 aromatic heterocycles.